The van der Waals surface area contributed by atoms with Gasteiger partial charge in [-0.15, -0.1) is 0 Å². The fraction of sp³-hybridized carbons (Fsp3) is 0.957. The van der Waals surface area contributed by atoms with Gasteiger partial charge in [-0.05, 0) is 12.8 Å². The fourth-order valence-corrected chi connectivity index (χ4v) is 10.6. The van der Waals surface area contributed by atoms with Crippen LogP contribution in [0.5, 0.6) is 0 Å². The van der Waals surface area contributed by atoms with Crippen LogP contribution in [0.2, 0.25) is 0 Å². The van der Waals surface area contributed by atoms with Gasteiger partial charge in [0.1, 0.15) is 17.1 Å². The van der Waals surface area contributed by atoms with Crippen LogP contribution in [-0.2, 0) is 204 Å². The molecule has 0 aromatic rings. The molecular formula is C92H180N2O43. The third kappa shape index (κ3) is 116. The lowest BCUT2D eigenvalue weighted by Gasteiger charge is -2.34. The summed E-state index contributed by atoms with van der Waals surface area (Å²) in [4.78, 5) is 51.4. The third-order valence-electron chi connectivity index (χ3n) is 17.6. The first-order valence-electron chi connectivity index (χ1n) is 48.6. The van der Waals surface area contributed by atoms with Crippen LogP contribution in [0.25, 0.3) is 0 Å². The summed E-state index contributed by atoms with van der Waals surface area (Å²) >= 11 is 0. The van der Waals surface area contributed by atoms with Gasteiger partial charge in [-0.3, -0.25) is 19.2 Å². The van der Waals surface area contributed by atoms with E-state index in [-0.39, 0.29) is 108 Å². The molecule has 0 spiro atoms. The maximum atomic E-state index is 12.9. The van der Waals surface area contributed by atoms with E-state index in [0.717, 1.165) is 0 Å². The highest BCUT2D eigenvalue weighted by Gasteiger charge is 2.33. The van der Waals surface area contributed by atoms with Gasteiger partial charge in [-0.1, -0.05) is 0 Å². The van der Waals surface area contributed by atoms with Gasteiger partial charge in [-0.25, -0.2) is 0 Å². The molecule has 0 bridgehead atoms. The Morgan fingerprint density at radius 2 is 0.314 bits per heavy atom. The number of ether oxygens (including phenoxy) is 39. The molecule has 816 valence electrons. The van der Waals surface area contributed by atoms with E-state index in [2.05, 4.69) is 10.6 Å². The average Bonchev–Trinajstić information content (AvgIpc) is 0.858. The summed E-state index contributed by atoms with van der Waals surface area (Å²) in [5.74, 6) is -0.702. The van der Waals surface area contributed by atoms with Crippen molar-refractivity contribution in [3.8, 4) is 0 Å². The summed E-state index contributed by atoms with van der Waals surface area (Å²) in [7, 11) is 4.91. The van der Waals surface area contributed by atoms with E-state index in [1.165, 1.54) is 6.92 Å². The molecule has 0 aliphatic rings. The van der Waals surface area contributed by atoms with Crippen molar-refractivity contribution in [3.05, 3.63) is 0 Å². The van der Waals surface area contributed by atoms with E-state index in [1.54, 1.807) is 21.3 Å². The van der Waals surface area contributed by atoms with E-state index < -0.39 is 5.54 Å². The number of methoxy groups -OCH3 is 3. The number of hydrogen-bond acceptors (Lipinski definition) is 43. The first-order valence-corrected chi connectivity index (χ1v) is 48.6. The maximum absolute atomic E-state index is 12.9. The topological polar surface area (TPSA) is 452 Å². The molecule has 45 heteroatoms. The highest BCUT2D eigenvalue weighted by Crippen LogP contribution is 2.12. The molecule has 137 heavy (non-hydrogen) atoms. The number of Topliss-reactive ketones (excluding diaryl/α,β-unsaturated/α-hetero) is 2. The van der Waals surface area contributed by atoms with Crippen LogP contribution in [0.1, 0.15) is 51.9 Å². The molecule has 0 radical (unpaired) electrons. The lowest BCUT2D eigenvalue weighted by Crippen LogP contribution is -2.58. The maximum Gasteiger partial charge on any atom is 0.222 e. The van der Waals surface area contributed by atoms with Crippen LogP contribution in [0.15, 0.2) is 0 Å². The van der Waals surface area contributed by atoms with Gasteiger partial charge in [0.2, 0.25) is 11.8 Å². The van der Waals surface area contributed by atoms with E-state index in [0.29, 0.717) is 462 Å². The van der Waals surface area contributed by atoms with Crippen molar-refractivity contribution in [3.63, 3.8) is 0 Å². The Morgan fingerprint density at radius 3 is 0.474 bits per heavy atom. The predicted octanol–water partition coefficient (Wildman–Crippen LogP) is 1.38. The van der Waals surface area contributed by atoms with Crippen LogP contribution < -0.4 is 10.6 Å². The molecule has 0 saturated heterocycles. The Bertz CT molecular complexity index is 2130. The van der Waals surface area contributed by atoms with Crippen LogP contribution in [-0.4, -0.2) is 552 Å². The normalized spacial score (nSPS) is 11.8. The summed E-state index contributed by atoms with van der Waals surface area (Å²) in [6.07, 6.45) is 1.84. The minimum absolute atomic E-state index is 0.00815. The Kier molecular flexibility index (Phi) is 117. The quantitative estimate of drug-likeness (QED) is 0.0812. The van der Waals surface area contributed by atoms with Crippen molar-refractivity contribution in [2.24, 2.45) is 0 Å². The molecule has 0 rings (SSSR count). The van der Waals surface area contributed by atoms with Gasteiger partial charge in [0.25, 0.3) is 0 Å². The number of amides is 2. The van der Waals surface area contributed by atoms with Crippen LogP contribution >= 0.6 is 0 Å². The first-order chi connectivity index (χ1) is 67.8. The highest BCUT2D eigenvalue weighted by atomic mass is 16.6. The van der Waals surface area contributed by atoms with Crippen molar-refractivity contribution >= 4 is 23.4 Å². The SMILES string of the molecule is COCCOCCOCCOCCOCCOCCOCCOCCOCCOCCOCCOCCCC(=O)CCOCC(COCCC(=O)CCCOCCOCCOCCOCCOCCOCCOCCOCCOCCOCCOCCOC)(COCCC(=O)NCCOCCOCCOCCOCCOCCOCCOCCOCCOCCOCCOCCOC)NC(C)=O. The number of hydrogen-bond donors (Lipinski definition) is 2. The smallest absolute Gasteiger partial charge is 0.222 e. The Morgan fingerprint density at radius 1 is 0.168 bits per heavy atom. The van der Waals surface area contributed by atoms with E-state index >= 15 is 0 Å². The van der Waals surface area contributed by atoms with E-state index in [1.807, 2.05) is 0 Å². The molecule has 0 aliphatic heterocycles. The van der Waals surface area contributed by atoms with Crippen LogP contribution in [0, 0.1) is 0 Å². The van der Waals surface area contributed by atoms with Gasteiger partial charge in [0.15, 0.2) is 0 Å². The van der Waals surface area contributed by atoms with E-state index in [4.69, 9.17) is 185 Å². The van der Waals surface area contributed by atoms with Gasteiger partial charge in [-0.2, -0.15) is 0 Å². The second kappa shape index (κ2) is 120. The minimum Gasteiger partial charge on any atom is -0.382 e. The van der Waals surface area contributed by atoms with Gasteiger partial charge < -0.3 is 195 Å². The van der Waals surface area contributed by atoms with E-state index in [9.17, 15) is 19.2 Å². The fourth-order valence-electron chi connectivity index (χ4n) is 10.6. The molecule has 0 aromatic heterocycles. The zero-order chi connectivity index (χ0) is 98.5. The zero-order valence-corrected chi connectivity index (χ0v) is 83.7. The average molecular weight is 2000 g/mol. The molecule has 0 atom stereocenters. The molecule has 45 nitrogen and oxygen atoms in total. The second-order valence-corrected chi connectivity index (χ2v) is 29.2. The van der Waals surface area contributed by atoms with Gasteiger partial charge in [0.05, 0.1) is 482 Å². The summed E-state index contributed by atoms with van der Waals surface area (Å²) in [6, 6.07) is 0. The number of carbonyl (C=O) groups excluding carboxylic acids is 4. The van der Waals surface area contributed by atoms with Crippen LogP contribution in [0.4, 0.5) is 0 Å². The van der Waals surface area contributed by atoms with Crippen molar-refractivity contribution in [2.45, 2.75) is 57.4 Å². The third-order valence-corrected chi connectivity index (χ3v) is 17.6. The van der Waals surface area contributed by atoms with Crippen molar-refractivity contribution < 1.29 is 204 Å². The molecular weight excluding hydrogens is 1820 g/mol. The number of carbonyl (C=O) groups is 4. The molecule has 0 saturated carbocycles. The van der Waals surface area contributed by atoms with Crippen molar-refractivity contribution in [1.82, 2.24) is 10.6 Å². The second-order valence-electron chi connectivity index (χ2n) is 29.2. The van der Waals surface area contributed by atoms with Crippen molar-refractivity contribution in [2.75, 3.05) is 523 Å². The standard InChI is InChI=1S/C92H180N2O43/c1-88(95)94-92(85-135-15-9-89(96)7-5-13-102-25-28-108-37-40-114-49-52-120-61-64-126-73-76-132-82-79-129-70-67-123-58-55-117-46-43-111-34-31-105-22-19-99-2,86-136-16-10-90(97)8-6-14-103-26-29-109-38-41-115-50-53-121-62-65-127-74-77-133-83-80-130-71-68-124-59-56-118-47-44-112-35-32-106-23-20-100-3)87-137-17-11-91(98)93-12-18-104-27-30-110-39-42-116-51-54-122-63-66-128-75-78-134-84-81-131-72-69-125-60-57-119-48-45-113-36-33-107-24-21-101-4/h5-87H2,1-4H3,(H,93,98)(H,94,95). The Balaban J connectivity index is 4.43. The molecule has 2 amide bonds. The summed E-state index contributed by atoms with van der Waals surface area (Å²) in [6.45, 7) is 32.9. The number of nitrogens with one attached hydrogen (secondary N) is 2. The largest absolute Gasteiger partial charge is 0.382 e. The lowest BCUT2D eigenvalue weighted by molar-refractivity contribution is -0.128. The summed E-state index contributed by atoms with van der Waals surface area (Å²) < 4.78 is 215. The van der Waals surface area contributed by atoms with Crippen LogP contribution in [0.3, 0.4) is 0 Å². The lowest BCUT2D eigenvalue weighted by atomic mass is 10.0. The molecule has 0 aliphatic carbocycles. The van der Waals surface area contributed by atoms with Gasteiger partial charge >= 0.3 is 0 Å². The summed E-state index contributed by atoms with van der Waals surface area (Å²) in [5, 5.41) is 5.73. The Labute approximate surface area is 815 Å². The monoisotopic (exact) mass is 2000 g/mol. The molecule has 0 unspecified atom stereocenters. The first kappa shape index (κ1) is 134. The highest BCUT2D eigenvalue weighted by molar-refractivity contribution is 5.79. The van der Waals surface area contributed by atoms with Gasteiger partial charge in [0, 0.05) is 80.1 Å². The number of rotatable bonds is 126. The molecule has 2 N–H and O–H groups in total. The molecule has 0 aromatic carbocycles. The predicted molar refractivity (Wildman–Crippen MR) is 497 cm³/mol. The Hall–Kier alpha value is -3.28. The summed E-state index contributed by atoms with van der Waals surface area (Å²) in [5.41, 5.74) is -1.22. The number of ketones is 2. The van der Waals surface area contributed by atoms with Crippen molar-refractivity contribution in [1.29, 1.82) is 0 Å². The zero-order valence-electron chi connectivity index (χ0n) is 83.7. The minimum atomic E-state index is -1.22. The molecule has 0 fully saturated rings. The molecule has 0 heterocycles.